The van der Waals surface area contributed by atoms with Gasteiger partial charge in [0.25, 0.3) is 17.9 Å². The van der Waals surface area contributed by atoms with E-state index in [2.05, 4.69) is 20.2 Å². The maximum Gasteiger partial charge on any atom is 0.293 e. The molecule has 0 aliphatic heterocycles. The number of aromatic nitrogens is 6. The van der Waals surface area contributed by atoms with Gasteiger partial charge in [0, 0.05) is 36.6 Å². The molecule has 0 radical (unpaired) electrons. The van der Waals surface area contributed by atoms with Crippen molar-refractivity contribution in [3.63, 3.8) is 0 Å². The van der Waals surface area contributed by atoms with E-state index in [-0.39, 0.29) is 72.2 Å². The quantitative estimate of drug-likeness (QED) is 0.109. The van der Waals surface area contributed by atoms with Crippen molar-refractivity contribution < 1.29 is 48.0 Å². The fourth-order valence-electron chi connectivity index (χ4n) is 8.95. The van der Waals surface area contributed by atoms with Gasteiger partial charge in [0.1, 0.15) is 35.4 Å². The lowest BCUT2D eigenvalue weighted by Crippen LogP contribution is -2.38. The molecule has 1 saturated carbocycles. The number of nitrogens with one attached hydrogen (secondary N) is 2. The number of sulfone groups is 1. The third kappa shape index (κ3) is 8.00. The lowest BCUT2D eigenvalue weighted by Gasteiger charge is -2.24. The zero-order valence-electron chi connectivity index (χ0n) is 35.5. The smallest absolute Gasteiger partial charge is 0.293 e. The largest absolute Gasteiger partial charge is 0.344 e. The van der Waals surface area contributed by atoms with Gasteiger partial charge in [-0.3, -0.25) is 28.2 Å². The van der Waals surface area contributed by atoms with Crippen LogP contribution < -0.4 is 15.6 Å². The molecule has 0 spiro atoms. The Labute approximate surface area is 382 Å². The van der Waals surface area contributed by atoms with E-state index in [0.717, 1.165) is 23.0 Å². The lowest BCUT2D eigenvalue weighted by molar-refractivity contribution is -0.123. The predicted octanol–water partition coefficient (Wildman–Crippen LogP) is 7.87. The first-order valence-electron chi connectivity index (χ1n) is 20.5. The first kappa shape index (κ1) is 45.9. The van der Waals surface area contributed by atoms with Gasteiger partial charge in [0.05, 0.1) is 55.0 Å². The average molecular weight is 987 g/mol. The number of nitrogens with zero attached hydrogens (tertiary/aromatic N) is 6. The van der Waals surface area contributed by atoms with Gasteiger partial charge in [-0.15, -0.1) is 0 Å². The normalized spacial score (nSPS) is 17.0. The SMILES string of the molecule is CC(C)S(=O)(=O)c1ccccc1-c1ccc2c(=O)n(-c3ccc(Cl)c4c(NS(C)(=O)=O)nn(C)c34)c([C@H](Cc3cc(F)cc(F)c3)NC(=O)Cn3nc(C(F)F)c4c3C(F)(F)C3CC43)nc2c1. The number of fused-ring (bicyclic) bond motifs is 5. The van der Waals surface area contributed by atoms with Gasteiger partial charge in [0.15, 0.2) is 15.7 Å². The van der Waals surface area contributed by atoms with E-state index in [9.17, 15) is 39.2 Å². The monoisotopic (exact) mass is 986 g/mol. The maximum absolute atomic E-state index is 15.6. The second-order valence-electron chi connectivity index (χ2n) is 16.8. The summed E-state index contributed by atoms with van der Waals surface area (Å²) in [6.07, 6.45) is -2.92. The van der Waals surface area contributed by atoms with E-state index in [1.54, 1.807) is 18.2 Å². The molecule has 3 atom stereocenters. The van der Waals surface area contributed by atoms with Crippen LogP contribution in [0.3, 0.4) is 0 Å². The number of rotatable bonds is 13. The van der Waals surface area contributed by atoms with Crippen molar-refractivity contribution in [3.05, 3.63) is 128 Å². The molecule has 2 unspecified atom stereocenters. The zero-order valence-corrected chi connectivity index (χ0v) is 37.9. The number of aryl methyl sites for hydroxylation is 1. The van der Waals surface area contributed by atoms with E-state index < -0.39 is 103 Å². The van der Waals surface area contributed by atoms with Gasteiger partial charge in [-0.05, 0) is 79.8 Å². The molecule has 1 fully saturated rings. The third-order valence-electron chi connectivity index (χ3n) is 11.9. The van der Waals surface area contributed by atoms with Crippen molar-refractivity contribution in [2.24, 2.45) is 13.0 Å². The summed E-state index contributed by atoms with van der Waals surface area (Å²) in [7, 11) is -6.40. The Kier molecular flexibility index (Phi) is 11.1. The molecular formula is C44H37ClF6N8O6S2. The molecular weight excluding hydrogens is 950 g/mol. The van der Waals surface area contributed by atoms with Crippen LogP contribution in [0, 0.1) is 17.6 Å². The van der Waals surface area contributed by atoms with Crippen LogP contribution in [0.4, 0.5) is 32.2 Å². The number of carbonyl (C=O) groups is 1. The molecule has 0 saturated heterocycles. The number of hydrogen-bond donors (Lipinski definition) is 2. The second kappa shape index (κ2) is 16.2. The van der Waals surface area contributed by atoms with Crippen LogP contribution in [-0.2, 0) is 50.6 Å². The number of alkyl halides is 4. The van der Waals surface area contributed by atoms with Crippen molar-refractivity contribution >= 4 is 65.0 Å². The predicted molar refractivity (Wildman–Crippen MR) is 236 cm³/mol. The van der Waals surface area contributed by atoms with Crippen LogP contribution in [-0.4, -0.2) is 63.4 Å². The molecule has 67 heavy (non-hydrogen) atoms. The van der Waals surface area contributed by atoms with Gasteiger partial charge in [-0.2, -0.15) is 19.0 Å². The number of anilines is 1. The number of amides is 1. The standard InChI is InChI=1S/C44H37ClF6N8O6S2/c1-20(2)67(64,65)33-8-6-5-7-25(33)22-9-10-26-30(16-22)53-42(59(43(26)61)32-12-11-29(45)36-38(32)57(3)55-41(36)56-66(4,62)63)31(15-21-13-23(46)17-24(47)14-21)52-34(60)19-58-39-35(37(54-58)40(48)49)27-18-28(27)44(39,50)51/h5-14,16-17,20,27-28,31,40H,15,18-19H2,1-4H3,(H,52,60)(H,55,56)/t27?,28?,31-/m0/s1. The Morgan fingerprint density at radius 3 is 2.34 bits per heavy atom. The van der Waals surface area contributed by atoms with Crippen molar-refractivity contribution in [1.82, 2.24) is 34.4 Å². The molecule has 7 aromatic rings. The van der Waals surface area contributed by atoms with E-state index in [1.807, 2.05) is 0 Å². The summed E-state index contributed by atoms with van der Waals surface area (Å²) in [6, 6.07) is 14.1. The molecule has 350 valence electrons. The van der Waals surface area contributed by atoms with E-state index in [0.29, 0.717) is 16.3 Å². The number of sulfonamides is 1. The third-order valence-corrected chi connectivity index (χ3v) is 15.0. The van der Waals surface area contributed by atoms with Gasteiger partial charge < -0.3 is 5.32 Å². The number of halogens is 7. The highest BCUT2D eigenvalue weighted by Crippen LogP contribution is 2.68. The first-order chi connectivity index (χ1) is 31.5. The Morgan fingerprint density at radius 2 is 1.67 bits per heavy atom. The van der Waals surface area contributed by atoms with Crippen LogP contribution in [0.15, 0.2) is 82.5 Å². The van der Waals surface area contributed by atoms with Crippen LogP contribution in [0.25, 0.3) is 38.6 Å². The van der Waals surface area contributed by atoms with Gasteiger partial charge >= 0.3 is 0 Å². The number of benzene rings is 4. The van der Waals surface area contributed by atoms with Crippen molar-refractivity contribution in [2.45, 2.75) is 67.7 Å². The molecule has 14 nitrogen and oxygen atoms in total. The maximum atomic E-state index is 15.6. The van der Waals surface area contributed by atoms with E-state index in [4.69, 9.17) is 16.6 Å². The molecule has 3 aromatic heterocycles. The molecule has 0 bridgehead atoms. The molecule has 2 aliphatic rings. The summed E-state index contributed by atoms with van der Waals surface area (Å²) >= 11 is 6.65. The molecule has 4 aromatic carbocycles. The van der Waals surface area contributed by atoms with Crippen molar-refractivity contribution in [2.75, 3.05) is 11.0 Å². The summed E-state index contributed by atoms with van der Waals surface area (Å²) in [6.45, 7) is 2.00. The molecule has 2 N–H and O–H groups in total. The van der Waals surface area contributed by atoms with Crippen LogP contribution in [0.5, 0.6) is 0 Å². The summed E-state index contributed by atoms with van der Waals surface area (Å²) in [5.41, 5.74) is -2.42. The van der Waals surface area contributed by atoms with Crippen molar-refractivity contribution in [1.29, 1.82) is 0 Å². The molecule has 23 heteroatoms. The Bertz CT molecular complexity index is 3510. The Morgan fingerprint density at radius 1 is 0.970 bits per heavy atom. The van der Waals surface area contributed by atoms with Crippen molar-refractivity contribution in [3.8, 4) is 16.8 Å². The molecule has 3 heterocycles. The number of carbonyl (C=O) groups excluding carboxylic acids is 1. The first-order valence-corrected chi connectivity index (χ1v) is 24.3. The minimum absolute atomic E-state index is 0.00884. The summed E-state index contributed by atoms with van der Waals surface area (Å²) in [5.74, 6) is -9.39. The fraction of sp³-hybridized carbons (Fsp3) is 0.295. The Hall–Kier alpha value is -6.26. The molecule has 2 aliphatic carbocycles. The minimum atomic E-state index is -3.96. The lowest BCUT2D eigenvalue weighted by atomic mass is 10.0. The van der Waals surface area contributed by atoms with Crippen LogP contribution in [0.2, 0.25) is 5.02 Å². The summed E-state index contributed by atoms with van der Waals surface area (Å²) in [5, 5.41) is 9.81. The van der Waals surface area contributed by atoms with Gasteiger partial charge in [-0.25, -0.2) is 39.4 Å². The van der Waals surface area contributed by atoms with E-state index in [1.165, 1.54) is 62.0 Å². The average Bonchev–Trinajstić information content (AvgIpc) is 3.78. The van der Waals surface area contributed by atoms with Crippen LogP contribution in [0.1, 0.15) is 67.0 Å². The minimum Gasteiger partial charge on any atom is -0.344 e. The summed E-state index contributed by atoms with van der Waals surface area (Å²) in [4.78, 5) is 34.3. The topological polar surface area (TPSA) is 180 Å². The van der Waals surface area contributed by atoms with Gasteiger partial charge in [0.2, 0.25) is 15.9 Å². The fourth-order valence-corrected chi connectivity index (χ4v) is 11.0. The zero-order chi connectivity index (χ0) is 48.2. The summed E-state index contributed by atoms with van der Waals surface area (Å²) < 4.78 is 146. The second-order valence-corrected chi connectivity index (χ2v) is 21.5. The highest BCUT2D eigenvalue weighted by Gasteiger charge is 2.67. The molecule has 9 rings (SSSR count). The number of hydrogen-bond acceptors (Lipinski definition) is 9. The highest BCUT2D eigenvalue weighted by atomic mass is 35.5. The highest BCUT2D eigenvalue weighted by molar-refractivity contribution is 7.92. The molecule has 1 amide bonds. The van der Waals surface area contributed by atoms with Gasteiger partial charge in [-0.1, -0.05) is 35.9 Å². The van der Waals surface area contributed by atoms with E-state index >= 15 is 13.6 Å². The Balaban J connectivity index is 1.28. The van der Waals surface area contributed by atoms with Crippen LogP contribution >= 0.6 is 11.6 Å².